The van der Waals surface area contributed by atoms with Gasteiger partial charge in [0.15, 0.2) is 0 Å². The summed E-state index contributed by atoms with van der Waals surface area (Å²) < 4.78 is 0. The lowest BCUT2D eigenvalue weighted by Crippen LogP contribution is -1.97. The fourth-order valence-corrected chi connectivity index (χ4v) is 2.76. The number of hydrogen-bond donors (Lipinski definition) is 2. The number of benzene rings is 2. The molecule has 0 aliphatic carbocycles. The van der Waals surface area contributed by atoms with Gasteiger partial charge in [0.1, 0.15) is 0 Å². The smallest absolute Gasteiger partial charge is 0.0508 e. The van der Waals surface area contributed by atoms with Crippen LogP contribution in [0.4, 0.5) is 0 Å². The number of halogens is 1. The minimum atomic E-state index is 0.477. The number of rotatable bonds is 2. The number of nitrogens with one attached hydrogen (secondary N) is 1. The van der Waals surface area contributed by atoms with E-state index >= 15 is 0 Å². The van der Waals surface area contributed by atoms with E-state index in [0.29, 0.717) is 6.54 Å². The van der Waals surface area contributed by atoms with Crippen molar-refractivity contribution in [2.45, 2.75) is 13.5 Å². The van der Waals surface area contributed by atoms with Crippen molar-refractivity contribution in [3.05, 3.63) is 58.6 Å². The third kappa shape index (κ3) is 2.03. The molecule has 0 bridgehead atoms. The molecular formula is C16H15ClN2. The average molecular weight is 271 g/mol. The van der Waals surface area contributed by atoms with Crippen molar-refractivity contribution in [3.8, 4) is 11.3 Å². The second-order valence-corrected chi connectivity index (χ2v) is 5.12. The van der Waals surface area contributed by atoms with E-state index in [-0.39, 0.29) is 0 Å². The summed E-state index contributed by atoms with van der Waals surface area (Å²) in [6.07, 6.45) is 0. The molecule has 1 aromatic heterocycles. The van der Waals surface area contributed by atoms with Crippen LogP contribution in [0.5, 0.6) is 0 Å². The number of nitrogens with two attached hydrogens (primary N) is 1. The van der Waals surface area contributed by atoms with Crippen LogP contribution in [0.15, 0.2) is 42.5 Å². The van der Waals surface area contributed by atoms with Crippen molar-refractivity contribution < 1.29 is 0 Å². The first-order chi connectivity index (χ1) is 9.20. The average Bonchev–Trinajstić information content (AvgIpc) is 2.76. The Bertz CT molecular complexity index is 729. The molecule has 0 saturated heterocycles. The predicted octanol–water partition coefficient (Wildman–Crippen LogP) is 4.26. The molecule has 0 atom stereocenters. The number of aryl methyl sites for hydroxylation is 1. The zero-order valence-corrected chi connectivity index (χ0v) is 11.5. The van der Waals surface area contributed by atoms with E-state index in [4.69, 9.17) is 17.3 Å². The SMILES string of the molecule is Cc1c(-c2ccccc2)[nH]c2c(CN)cc(Cl)cc12. The molecule has 0 radical (unpaired) electrons. The van der Waals surface area contributed by atoms with Crippen LogP contribution in [0.2, 0.25) is 5.02 Å². The van der Waals surface area contributed by atoms with Crippen LogP contribution in [0.1, 0.15) is 11.1 Å². The maximum Gasteiger partial charge on any atom is 0.0508 e. The molecule has 3 aromatic rings. The first kappa shape index (κ1) is 12.3. The summed E-state index contributed by atoms with van der Waals surface area (Å²) >= 11 is 6.16. The van der Waals surface area contributed by atoms with Crippen molar-refractivity contribution in [3.63, 3.8) is 0 Å². The number of hydrogen-bond acceptors (Lipinski definition) is 1. The van der Waals surface area contributed by atoms with E-state index in [1.807, 2.05) is 30.3 Å². The summed E-state index contributed by atoms with van der Waals surface area (Å²) in [7, 11) is 0. The van der Waals surface area contributed by atoms with Gasteiger partial charge in [-0.05, 0) is 35.7 Å². The van der Waals surface area contributed by atoms with E-state index in [2.05, 4.69) is 24.0 Å². The highest BCUT2D eigenvalue weighted by molar-refractivity contribution is 6.31. The van der Waals surface area contributed by atoms with Gasteiger partial charge < -0.3 is 10.7 Å². The van der Waals surface area contributed by atoms with Crippen LogP contribution in [-0.4, -0.2) is 4.98 Å². The van der Waals surface area contributed by atoms with Crippen molar-refractivity contribution >= 4 is 22.5 Å². The van der Waals surface area contributed by atoms with Gasteiger partial charge >= 0.3 is 0 Å². The maximum absolute atomic E-state index is 6.16. The normalized spacial score (nSPS) is 11.1. The van der Waals surface area contributed by atoms with Gasteiger partial charge in [0.2, 0.25) is 0 Å². The minimum absolute atomic E-state index is 0.477. The topological polar surface area (TPSA) is 41.8 Å². The van der Waals surface area contributed by atoms with Crippen LogP contribution in [0.3, 0.4) is 0 Å². The summed E-state index contributed by atoms with van der Waals surface area (Å²) in [5.41, 5.74) is 11.5. The van der Waals surface area contributed by atoms with Gasteiger partial charge in [-0.3, -0.25) is 0 Å². The van der Waals surface area contributed by atoms with E-state index in [0.717, 1.165) is 27.2 Å². The lowest BCUT2D eigenvalue weighted by Gasteiger charge is -2.00. The van der Waals surface area contributed by atoms with Gasteiger partial charge in [-0.2, -0.15) is 0 Å². The largest absolute Gasteiger partial charge is 0.354 e. The minimum Gasteiger partial charge on any atom is -0.354 e. The first-order valence-corrected chi connectivity index (χ1v) is 6.64. The molecule has 0 unspecified atom stereocenters. The molecule has 0 fully saturated rings. The lowest BCUT2D eigenvalue weighted by atomic mass is 10.1. The zero-order chi connectivity index (χ0) is 13.4. The molecule has 1 heterocycles. The molecule has 3 rings (SSSR count). The summed E-state index contributed by atoms with van der Waals surface area (Å²) in [5, 5.41) is 1.88. The molecule has 2 nitrogen and oxygen atoms in total. The highest BCUT2D eigenvalue weighted by atomic mass is 35.5. The van der Waals surface area contributed by atoms with Gasteiger partial charge in [0.25, 0.3) is 0 Å². The van der Waals surface area contributed by atoms with Crippen LogP contribution in [-0.2, 0) is 6.54 Å². The van der Waals surface area contributed by atoms with Gasteiger partial charge in [-0.1, -0.05) is 41.9 Å². The Morgan fingerprint density at radius 2 is 1.89 bits per heavy atom. The molecule has 0 aliphatic rings. The highest BCUT2D eigenvalue weighted by Crippen LogP contribution is 2.33. The van der Waals surface area contributed by atoms with Crippen molar-refractivity contribution in [1.82, 2.24) is 4.98 Å². The fourth-order valence-electron chi connectivity index (χ4n) is 2.51. The standard InChI is InChI=1S/C16H15ClN2/c1-10-14-8-13(17)7-12(9-18)16(14)19-15(10)11-5-3-2-4-6-11/h2-8,19H,9,18H2,1H3. The summed E-state index contributed by atoms with van der Waals surface area (Å²) in [4.78, 5) is 3.49. The molecule has 0 amide bonds. The summed E-state index contributed by atoms with van der Waals surface area (Å²) in [5.74, 6) is 0. The van der Waals surface area contributed by atoms with Crippen LogP contribution < -0.4 is 5.73 Å². The van der Waals surface area contributed by atoms with Crippen LogP contribution in [0, 0.1) is 6.92 Å². The quantitative estimate of drug-likeness (QED) is 0.718. The lowest BCUT2D eigenvalue weighted by molar-refractivity contribution is 1.08. The Morgan fingerprint density at radius 1 is 1.16 bits per heavy atom. The number of aromatic nitrogens is 1. The Labute approximate surface area is 117 Å². The molecule has 19 heavy (non-hydrogen) atoms. The van der Waals surface area contributed by atoms with Crippen molar-refractivity contribution in [1.29, 1.82) is 0 Å². The molecule has 2 aromatic carbocycles. The van der Waals surface area contributed by atoms with E-state index in [9.17, 15) is 0 Å². The van der Waals surface area contributed by atoms with E-state index in [1.165, 1.54) is 11.1 Å². The monoisotopic (exact) mass is 270 g/mol. The molecule has 3 N–H and O–H groups in total. The first-order valence-electron chi connectivity index (χ1n) is 6.27. The zero-order valence-electron chi connectivity index (χ0n) is 10.7. The van der Waals surface area contributed by atoms with E-state index < -0.39 is 0 Å². The molecule has 3 heteroatoms. The Hall–Kier alpha value is -1.77. The van der Waals surface area contributed by atoms with Crippen molar-refractivity contribution in [2.75, 3.05) is 0 Å². The van der Waals surface area contributed by atoms with E-state index in [1.54, 1.807) is 0 Å². The third-order valence-electron chi connectivity index (χ3n) is 3.50. The number of aromatic amines is 1. The molecule has 0 spiro atoms. The number of H-pyrrole nitrogens is 1. The maximum atomic E-state index is 6.16. The number of fused-ring (bicyclic) bond motifs is 1. The van der Waals surface area contributed by atoms with Crippen LogP contribution >= 0.6 is 11.6 Å². The summed E-state index contributed by atoms with van der Waals surface area (Å²) in [6.45, 7) is 2.59. The van der Waals surface area contributed by atoms with Crippen LogP contribution in [0.25, 0.3) is 22.2 Å². The van der Waals surface area contributed by atoms with Gasteiger partial charge in [0, 0.05) is 22.6 Å². The fraction of sp³-hybridized carbons (Fsp3) is 0.125. The Morgan fingerprint density at radius 3 is 2.58 bits per heavy atom. The molecule has 96 valence electrons. The van der Waals surface area contributed by atoms with Crippen molar-refractivity contribution in [2.24, 2.45) is 5.73 Å². The molecule has 0 aliphatic heterocycles. The predicted molar refractivity (Wildman–Crippen MR) is 81.4 cm³/mol. The highest BCUT2D eigenvalue weighted by Gasteiger charge is 2.12. The van der Waals surface area contributed by atoms with Gasteiger partial charge in [-0.15, -0.1) is 0 Å². The Balaban J connectivity index is 2.32. The molecule has 0 saturated carbocycles. The van der Waals surface area contributed by atoms with Gasteiger partial charge in [-0.25, -0.2) is 0 Å². The second-order valence-electron chi connectivity index (χ2n) is 4.68. The summed E-state index contributed by atoms with van der Waals surface area (Å²) in [6, 6.07) is 14.2. The third-order valence-corrected chi connectivity index (χ3v) is 3.71. The van der Waals surface area contributed by atoms with Gasteiger partial charge in [0.05, 0.1) is 5.52 Å². The molecular weight excluding hydrogens is 256 g/mol. The Kier molecular flexibility index (Phi) is 3.05. The second kappa shape index (κ2) is 4.72.